The monoisotopic (exact) mass is 620 g/mol. The molecule has 2 heterocycles. The number of hydrogen-bond acceptors (Lipinski definition) is 8. The molecule has 4 N–H and O–H groups in total. The van der Waals surface area contributed by atoms with Gasteiger partial charge in [-0.05, 0) is 55.2 Å². The molecule has 4 atom stereocenters. The van der Waals surface area contributed by atoms with E-state index in [0.717, 1.165) is 12.0 Å². The second-order valence-electron chi connectivity index (χ2n) is 11.0. The highest BCUT2D eigenvalue weighted by atomic mass is 32.2. The molecule has 1 aliphatic carbocycles. The molecule has 44 heavy (non-hydrogen) atoms. The van der Waals surface area contributed by atoms with Crippen LogP contribution in [0, 0.1) is 5.92 Å². The van der Waals surface area contributed by atoms with E-state index in [-0.39, 0.29) is 41.6 Å². The highest BCUT2D eigenvalue weighted by molar-refractivity contribution is 7.98. The van der Waals surface area contributed by atoms with Gasteiger partial charge in [-0.1, -0.05) is 55.9 Å². The molecule has 4 rings (SSSR count). The van der Waals surface area contributed by atoms with Gasteiger partial charge in [0.2, 0.25) is 11.8 Å². The summed E-state index contributed by atoms with van der Waals surface area (Å²) < 4.78 is 1.31. The van der Waals surface area contributed by atoms with Crippen molar-refractivity contribution in [1.29, 1.82) is 0 Å². The lowest BCUT2D eigenvalue weighted by Crippen LogP contribution is -2.45. The quantitative estimate of drug-likeness (QED) is 0.156. The molecule has 0 unspecified atom stereocenters. The third-order valence-electron chi connectivity index (χ3n) is 7.23. The van der Waals surface area contributed by atoms with Crippen molar-refractivity contribution in [2.24, 2.45) is 5.92 Å². The van der Waals surface area contributed by atoms with Gasteiger partial charge in [0.25, 0.3) is 11.5 Å². The topological polar surface area (TPSA) is 172 Å². The number of carboxylic acids is 1. The lowest BCUT2D eigenvalue weighted by Gasteiger charge is -2.22. The van der Waals surface area contributed by atoms with E-state index in [9.17, 15) is 29.1 Å². The molecule has 0 aliphatic heterocycles. The zero-order chi connectivity index (χ0) is 31.8. The minimum Gasteiger partial charge on any atom is -0.481 e. The molecule has 232 valence electrons. The van der Waals surface area contributed by atoms with Crippen molar-refractivity contribution in [3.8, 4) is 0 Å². The Hall–Kier alpha value is -4.52. The van der Waals surface area contributed by atoms with E-state index in [4.69, 9.17) is 0 Å². The molecule has 2 aromatic heterocycles. The molecule has 1 aromatic carbocycles. The summed E-state index contributed by atoms with van der Waals surface area (Å²) in [5.41, 5.74) is 0.455. The van der Waals surface area contributed by atoms with Gasteiger partial charge in [-0.15, -0.1) is 0 Å². The fraction of sp³-hybridized carbons (Fsp3) is 0.387. The third-order valence-corrected chi connectivity index (χ3v) is 7.79. The Kier molecular flexibility index (Phi) is 10.9. The molecular formula is C31H36N6O6S. The lowest BCUT2D eigenvalue weighted by molar-refractivity contribution is -0.137. The number of carbonyl (C=O) groups is 4. The van der Waals surface area contributed by atoms with Crippen molar-refractivity contribution in [3.63, 3.8) is 0 Å². The standard InChI is InChI=1S/C31H36N6O6S/c1-18(2)16-25(29(42)35-24-17-20(24)19-8-5-4-6-9-19)37-15-7-10-23(30(37)43)34-27(40)21(11-12-26(38)39)33-28(41)22-13-14-32-31(36-22)44-3/h4-10,13-15,18,20-21,24-25H,11-12,16-17H2,1-3H3,(H,33,41)(H,34,40)(H,35,42)(H,38,39)/t20-,21+,24+,25+/m1/s1. The summed E-state index contributed by atoms with van der Waals surface area (Å²) in [7, 11) is 0. The summed E-state index contributed by atoms with van der Waals surface area (Å²) in [6, 6.07) is 12.1. The van der Waals surface area contributed by atoms with E-state index in [2.05, 4.69) is 25.9 Å². The number of aromatic nitrogens is 3. The average molecular weight is 621 g/mol. The number of benzene rings is 1. The first-order chi connectivity index (χ1) is 21.1. The highest BCUT2D eigenvalue weighted by Gasteiger charge is 2.40. The van der Waals surface area contributed by atoms with Crippen molar-refractivity contribution >= 4 is 41.1 Å². The Balaban J connectivity index is 1.51. The summed E-state index contributed by atoms with van der Waals surface area (Å²) >= 11 is 1.23. The largest absolute Gasteiger partial charge is 0.481 e. The first-order valence-corrected chi connectivity index (χ1v) is 15.6. The first-order valence-electron chi connectivity index (χ1n) is 14.3. The smallest absolute Gasteiger partial charge is 0.303 e. The summed E-state index contributed by atoms with van der Waals surface area (Å²) in [6.45, 7) is 3.91. The maximum atomic E-state index is 13.6. The summed E-state index contributed by atoms with van der Waals surface area (Å²) in [5, 5.41) is 17.7. The van der Waals surface area contributed by atoms with Gasteiger partial charge in [-0.25, -0.2) is 9.97 Å². The number of hydrogen-bond donors (Lipinski definition) is 4. The van der Waals surface area contributed by atoms with Gasteiger partial charge >= 0.3 is 5.97 Å². The number of amides is 3. The zero-order valence-electron chi connectivity index (χ0n) is 24.7. The van der Waals surface area contributed by atoms with Gasteiger partial charge in [-0.2, -0.15) is 0 Å². The molecule has 12 nitrogen and oxygen atoms in total. The van der Waals surface area contributed by atoms with Crippen LogP contribution in [0.2, 0.25) is 0 Å². The summed E-state index contributed by atoms with van der Waals surface area (Å²) in [5.74, 6) is -2.60. The summed E-state index contributed by atoms with van der Waals surface area (Å²) in [4.78, 5) is 72.6. The summed E-state index contributed by atoms with van der Waals surface area (Å²) in [6.07, 6.45) is 5.23. The Morgan fingerprint density at radius 2 is 1.82 bits per heavy atom. The molecule has 13 heteroatoms. The first kappa shape index (κ1) is 32.4. The molecule has 0 radical (unpaired) electrons. The van der Waals surface area contributed by atoms with Crippen LogP contribution >= 0.6 is 11.8 Å². The van der Waals surface area contributed by atoms with E-state index < -0.39 is 41.8 Å². The van der Waals surface area contributed by atoms with Crippen LogP contribution in [0.4, 0.5) is 5.69 Å². The maximum Gasteiger partial charge on any atom is 0.303 e. The molecule has 1 aliphatic rings. The highest BCUT2D eigenvalue weighted by Crippen LogP contribution is 2.41. The normalized spacial score (nSPS) is 16.9. The van der Waals surface area contributed by atoms with Crippen LogP contribution in [0.3, 0.4) is 0 Å². The predicted molar refractivity (Wildman–Crippen MR) is 165 cm³/mol. The number of nitrogens with one attached hydrogen (secondary N) is 3. The Morgan fingerprint density at radius 1 is 1.07 bits per heavy atom. The number of carboxylic acid groups (broad SMARTS) is 1. The van der Waals surface area contributed by atoms with E-state index in [1.165, 1.54) is 40.9 Å². The Bertz CT molecular complexity index is 1560. The molecule has 1 saturated carbocycles. The number of pyridine rings is 1. The van der Waals surface area contributed by atoms with Crippen molar-refractivity contribution in [2.45, 2.75) is 68.7 Å². The van der Waals surface area contributed by atoms with Crippen LogP contribution < -0.4 is 21.5 Å². The number of rotatable bonds is 14. The van der Waals surface area contributed by atoms with Crippen LogP contribution in [0.1, 0.15) is 67.5 Å². The number of carbonyl (C=O) groups excluding carboxylic acids is 3. The van der Waals surface area contributed by atoms with Gasteiger partial charge in [-0.3, -0.25) is 24.0 Å². The second kappa shape index (κ2) is 14.8. The number of anilines is 1. The van der Waals surface area contributed by atoms with Crippen LogP contribution in [0.25, 0.3) is 0 Å². The Labute approximate surface area is 259 Å². The maximum absolute atomic E-state index is 13.6. The fourth-order valence-electron chi connectivity index (χ4n) is 4.90. The molecule has 0 bridgehead atoms. The van der Waals surface area contributed by atoms with Crippen LogP contribution in [-0.2, 0) is 14.4 Å². The van der Waals surface area contributed by atoms with Crippen molar-refractivity contribution < 1.29 is 24.3 Å². The molecule has 0 saturated heterocycles. The van der Waals surface area contributed by atoms with Gasteiger partial charge < -0.3 is 25.6 Å². The van der Waals surface area contributed by atoms with Crippen molar-refractivity contribution in [1.82, 2.24) is 25.2 Å². The minimum atomic E-state index is -1.28. The minimum absolute atomic E-state index is 0.00671. The van der Waals surface area contributed by atoms with Gasteiger partial charge in [0.15, 0.2) is 5.16 Å². The van der Waals surface area contributed by atoms with Gasteiger partial charge in [0, 0.05) is 30.8 Å². The van der Waals surface area contributed by atoms with Crippen molar-refractivity contribution in [3.05, 3.63) is 82.5 Å². The molecule has 3 amide bonds. The molecule has 0 spiro atoms. The third kappa shape index (κ3) is 8.53. The van der Waals surface area contributed by atoms with Gasteiger partial charge in [0.05, 0.1) is 0 Å². The molecule has 1 fully saturated rings. The van der Waals surface area contributed by atoms with E-state index in [1.54, 1.807) is 12.3 Å². The van der Waals surface area contributed by atoms with E-state index in [0.29, 0.717) is 11.6 Å². The number of nitrogens with zero attached hydrogens (tertiary/aromatic N) is 3. The van der Waals surface area contributed by atoms with Crippen LogP contribution in [0.5, 0.6) is 0 Å². The predicted octanol–water partition coefficient (Wildman–Crippen LogP) is 3.22. The average Bonchev–Trinajstić information content (AvgIpc) is 3.78. The number of aliphatic carboxylic acids is 1. The fourth-order valence-corrected chi connectivity index (χ4v) is 5.26. The molecular weight excluding hydrogens is 584 g/mol. The van der Waals surface area contributed by atoms with Crippen LogP contribution in [-0.4, -0.2) is 61.7 Å². The zero-order valence-corrected chi connectivity index (χ0v) is 25.5. The van der Waals surface area contributed by atoms with Crippen molar-refractivity contribution in [2.75, 3.05) is 11.6 Å². The van der Waals surface area contributed by atoms with Crippen LogP contribution in [0.15, 0.2) is 70.9 Å². The number of thioether (sulfide) groups is 1. The molecule has 3 aromatic rings. The van der Waals surface area contributed by atoms with Gasteiger partial charge in [0.1, 0.15) is 23.5 Å². The SMILES string of the molecule is CSc1nccc(C(=O)N[C@@H](CCC(=O)O)C(=O)Nc2cccn([C@@H](CC(C)C)C(=O)N[C@H]3C[C@@H]3c3ccccc3)c2=O)n1. The van der Waals surface area contributed by atoms with E-state index in [1.807, 2.05) is 44.2 Å². The van der Waals surface area contributed by atoms with E-state index >= 15 is 0 Å². The lowest BCUT2D eigenvalue weighted by atomic mass is 10.0. The Morgan fingerprint density at radius 3 is 2.50 bits per heavy atom. The second-order valence-corrected chi connectivity index (χ2v) is 11.8.